The van der Waals surface area contributed by atoms with E-state index in [2.05, 4.69) is 10.2 Å². The van der Waals surface area contributed by atoms with Gasteiger partial charge in [0.2, 0.25) is 11.0 Å². The summed E-state index contributed by atoms with van der Waals surface area (Å²) in [5, 5.41) is 8.79. The third kappa shape index (κ3) is 3.79. The largest absolute Gasteiger partial charge is 0.298 e. The van der Waals surface area contributed by atoms with E-state index in [0.717, 1.165) is 17.2 Å². The molecule has 1 aliphatic rings. The number of hydrogen-bond acceptors (Lipinski definition) is 6. The van der Waals surface area contributed by atoms with Crippen LogP contribution in [0.2, 0.25) is 0 Å². The second-order valence-corrected chi connectivity index (χ2v) is 8.11. The Balaban J connectivity index is 1.98. The summed E-state index contributed by atoms with van der Waals surface area (Å²) in [6.07, 6.45) is 2.06. The van der Waals surface area contributed by atoms with Gasteiger partial charge in [-0.25, -0.2) is 0 Å². The summed E-state index contributed by atoms with van der Waals surface area (Å²) < 4.78 is 0.740. The fourth-order valence-corrected chi connectivity index (χ4v) is 3.70. The summed E-state index contributed by atoms with van der Waals surface area (Å²) in [5.41, 5.74) is -0.333. The number of rotatable bonds is 5. The number of carbonyl (C=O) groups excluding carboxylic acids is 2. The minimum Gasteiger partial charge on any atom is -0.298 e. The van der Waals surface area contributed by atoms with E-state index < -0.39 is 0 Å². The van der Waals surface area contributed by atoms with Crippen LogP contribution in [0.1, 0.15) is 40.5 Å². The molecule has 0 spiro atoms. The predicted octanol–water partition coefficient (Wildman–Crippen LogP) is 2.76. The van der Waals surface area contributed by atoms with Gasteiger partial charge in [-0.1, -0.05) is 43.9 Å². The standard InChI is InChI=1S/C13H19N3O2S2/c1-8(17)16(9-5-6-9)11-14-15-12(20-11)19-7-10(18)13(2,3)4/h9H,5-7H2,1-4H3. The van der Waals surface area contributed by atoms with Gasteiger partial charge < -0.3 is 0 Å². The molecule has 7 heteroatoms. The number of anilines is 1. The number of aromatic nitrogens is 2. The molecule has 110 valence electrons. The van der Waals surface area contributed by atoms with E-state index in [9.17, 15) is 9.59 Å². The van der Waals surface area contributed by atoms with E-state index in [1.807, 2.05) is 20.8 Å². The molecular formula is C13H19N3O2S2. The van der Waals surface area contributed by atoms with E-state index in [0.29, 0.717) is 10.9 Å². The van der Waals surface area contributed by atoms with Crippen molar-refractivity contribution in [2.45, 2.75) is 50.9 Å². The average Bonchev–Trinajstić information content (AvgIpc) is 3.03. The molecule has 1 aromatic rings. The average molecular weight is 313 g/mol. The Hall–Kier alpha value is -0.950. The van der Waals surface area contributed by atoms with Gasteiger partial charge in [0.25, 0.3) is 0 Å². The second-order valence-electron chi connectivity index (χ2n) is 5.93. The summed E-state index contributed by atoms with van der Waals surface area (Å²) in [4.78, 5) is 25.2. The summed E-state index contributed by atoms with van der Waals surface area (Å²) in [7, 11) is 0. The fraction of sp³-hybridized carbons (Fsp3) is 0.692. The summed E-state index contributed by atoms with van der Waals surface area (Å²) in [6, 6.07) is 0.287. The molecule has 0 N–H and O–H groups in total. The van der Waals surface area contributed by atoms with Gasteiger partial charge in [0.1, 0.15) is 5.78 Å². The Labute approximate surface area is 127 Å². The second kappa shape index (κ2) is 5.81. The lowest BCUT2D eigenvalue weighted by atomic mass is 9.92. The first-order chi connectivity index (χ1) is 9.29. The van der Waals surface area contributed by atoms with Crippen molar-refractivity contribution in [1.29, 1.82) is 0 Å². The number of ketones is 1. The lowest BCUT2D eigenvalue weighted by Gasteiger charge is -2.16. The van der Waals surface area contributed by atoms with Crippen LogP contribution in [0.5, 0.6) is 0 Å². The van der Waals surface area contributed by atoms with Crippen LogP contribution >= 0.6 is 23.1 Å². The molecule has 0 saturated heterocycles. The van der Waals surface area contributed by atoms with E-state index >= 15 is 0 Å². The van der Waals surface area contributed by atoms with Crippen LogP contribution in [0.3, 0.4) is 0 Å². The van der Waals surface area contributed by atoms with Crippen LogP contribution in [-0.4, -0.2) is 33.7 Å². The molecule has 20 heavy (non-hydrogen) atoms. The smallest absolute Gasteiger partial charge is 0.225 e. The molecule has 0 unspecified atom stereocenters. The minimum atomic E-state index is -0.333. The Morgan fingerprint density at radius 1 is 1.35 bits per heavy atom. The Morgan fingerprint density at radius 2 is 2.00 bits per heavy atom. The Morgan fingerprint density at radius 3 is 2.50 bits per heavy atom. The summed E-state index contributed by atoms with van der Waals surface area (Å²) >= 11 is 2.78. The van der Waals surface area contributed by atoms with Crippen LogP contribution in [0, 0.1) is 5.41 Å². The summed E-state index contributed by atoms with van der Waals surface area (Å²) in [6.45, 7) is 7.28. The number of amides is 1. The van der Waals surface area contributed by atoms with Crippen molar-refractivity contribution in [3.8, 4) is 0 Å². The molecule has 0 bridgehead atoms. The lowest BCUT2D eigenvalue weighted by molar-refractivity contribution is -0.123. The van der Waals surface area contributed by atoms with Gasteiger partial charge in [-0.2, -0.15) is 0 Å². The van der Waals surface area contributed by atoms with E-state index in [1.54, 1.807) is 11.8 Å². The van der Waals surface area contributed by atoms with Crippen LogP contribution in [0.15, 0.2) is 4.34 Å². The first-order valence-electron chi connectivity index (χ1n) is 6.58. The van der Waals surface area contributed by atoms with Gasteiger partial charge in [0.05, 0.1) is 5.75 Å². The zero-order valence-electron chi connectivity index (χ0n) is 12.2. The predicted molar refractivity (Wildman–Crippen MR) is 81.3 cm³/mol. The lowest BCUT2D eigenvalue weighted by Crippen LogP contribution is -2.30. The minimum absolute atomic E-state index is 0.00553. The van der Waals surface area contributed by atoms with Gasteiger partial charge in [-0.15, -0.1) is 10.2 Å². The molecule has 0 radical (unpaired) electrons. The topological polar surface area (TPSA) is 63.2 Å². The molecule has 1 aliphatic carbocycles. The fourth-order valence-electron chi connectivity index (χ4n) is 1.58. The highest BCUT2D eigenvalue weighted by Gasteiger charge is 2.34. The van der Waals surface area contributed by atoms with Crippen LogP contribution in [0.25, 0.3) is 0 Å². The normalized spacial score (nSPS) is 15.2. The number of nitrogens with zero attached hydrogens (tertiary/aromatic N) is 3. The highest BCUT2D eigenvalue weighted by molar-refractivity contribution is 8.01. The highest BCUT2D eigenvalue weighted by atomic mass is 32.2. The number of Topliss-reactive ketones (excluding diaryl/α,β-unsaturated/α-hetero) is 1. The van der Waals surface area contributed by atoms with Gasteiger partial charge in [0.15, 0.2) is 4.34 Å². The highest BCUT2D eigenvalue weighted by Crippen LogP contribution is 2.36. The van der Waals surface area contributed by atoms with Crippen molar-refractivity contribution < 1.29 is 9.59 Å². The molecule has 0 aliphatic heterocycles. The van der Waals surface area contributed by atoms with Gasteiger partial charge >= 0.3 is 0 Å². The SMILES string of the molecule is CC(=O)N(c1nnc(SCC(=O)C(C)(C)C)s1)C1CC1. The quantitative estimate of drug-likeness (QED) is 0.618. The molecule has 1 amide bonds. The van der Waals surface area contributed by atoms with Crippen molar-refractivity contribution in [2.24, 2.45) is 5.41 Å². The first-order valence-corrected chi connectivity index (χ1v) is 8.38. The number of hydrogen-bond donors (Lipinski definition) is 0. The van der Waals surface area contributed by atoms with Crippen molar-refractivity contribution in [3.05, 3.63) is 0 Å². The molecule has 0 atom stereocenters. The molecule has 1 heterocycles. The first kappa shape index (κ1) is 15.4. The zero-order valence-corrected chi connectivity index (χ0v) is 13.8. The maximum absolute atomic E-state index is 11.9. The van der Waals surface area contributed by atoms with Crippen molar-refractivity contribution in [3.63, 3.8) is 0 Å². The molecule has 5 nitrogen and oxygen atoms in total. The molecule has 2 rings (SSSR count). The third-order valence-electron chi connectivity index (χ3n) is 3.02. The van der Waals surface area contributed by atoms with E-state index in [4.69, 9.17) is 0 Å². The van der Waals surface area contributed by atoms with Crippen LogP contribution in [-0.2, 0) is 9.59 Å². The molecular weight excluding hydrogens is 294 g/mol. The van der Waals surface area contributed by atoms with Crippen molar-refractivity contribution in [1.82, 2.24) is 10.2 Å². The maximum atomic E-state index is 11.9. The maximum Gasteiger partial charge on any atom is 0.225 e. The Bertz CT molecular complexity index is 518. The van der Waals surface area contributed by atoms with E-state index in [1.165, 1.54) is 23.1 Å². The van der Waals surface area contributed by atoms with Crippen LogP contribution < -0.4 is 4.90 Å². The number of thioether (sulfide) groups is 1. The van der Waals surface area contributed by atoms with Gasteiger partial charge in [-0.05, 0) is 12.8 Å². The molecule has 0 aromatic carbocycles. The summed E-state index contributed by atoms with van der Waals surface area (Å²) in [5.74, 6) is 0.581. The van der Waals surface area contributed by atoms with E-state index in [-0.39, 0.29) is 23.1 Å². The van der Waals surface area contributed by atoms with Crippen molar-refractivity contribution in [2.75, 3.05) is 10.7 Å². The Kier molecular flexibility index (Phi) is 4.49. The zero-order chi connectivity index (χ0) is 14.9. The van der Waals surface area contributed by atoms with Crippen molar-refractivity contribution >= 4 is 39.9 Å². The van der Waals surface area contributed by atoms with Gasteiger partial charge in [-0.3, -0.25) is 14.5 Å². The molecule has 1 saturated carbocycles. The van der Waals surface area contributed by atoms with Crippen LogP contribution in [0.4, 0.5) is 5.13 Å². The monoisotopic (exact) mass is 313 g/mol. The molecule has 1 fully saturated rings. The molecule has 1 aromatic heterocycles. The number of carbonyl (C=O) groups is 2. The van der Waals surface area contributed by atoms with Gasteiger partial charge in [0, 0.05) is 18.4 Å². The third-order valence-corrected chi connectivity index (χ3v) is 5.07.